The second-order valence-corrected chi connectivity index (χ2v) is 5.73. The highest BCUT2D eigenvalue weighted by Gasteiger charge is 2.34. The summed E-state index contributed by atoms with van der Waals surface area (Å²) in [6.45, 7) is 2.34. The number of aryl methyl sites for hydroxylation is 1. The first-order valence-corrected chi connectivity index (χ1v) is 7.22. The quantitative estimate of drug-likeness (QED) is 0.852. The van der Waals surface area contributed by atoms with Gasteiger partial charge in [0.2, 0.25) is 5.91 Å². The number of alkyl halides is 1. The molecule has 2 amide bonds. The number of primary amides is 1. The molecule has 1 aromatic heterocycles. The third-order valence-electron chi connectivity index (χ3n) is 3.77. The summed E-state index contributed by atoms with van der Waals surface area (Å²) in [5, 5.41) is 0. The summed E-state index contributed by atoms with van der Waals surface area (Å²) in [7, 11) is 1.65. The van der Waals surface area contributed by atoms with Gasteiger partial charge in [-0.2, -0.15) is 0 Å². The fourth-order valence-corrected chi connectivity index (χ4v) is 2.76. The van der Waals surface area contributed by atoms with Crippen molar-refractivity contribution >= 4 is 11.8 Å². The van der Waals surface area contributed by atoms with Gasteiger partial charge in [-0.1, -0.05) is 6.07 Å². The minimum atomic E-state index is -0.995. The van der Waals surface area contributed by atoms with Gasteiger partial charge in [-0.15, -0.1) is 0 Å². The Labute approximate surface area is 129 Å². The van der Waals surface area contributed by atoms with E-state index in [1.54, 1.807) is 24.1 Å². The zero-order valence-corrected chi connectivity index (χ0v) is 12.8. The molecule has 7 heteroatoms. The van der Waals surface area contributed by atoms with E-state index in [0.717, 1.165) is 5.69 Å². The van der Waals surface area contributed by atoms with E-state index in [0.29, 0.717) is 18.7 Å². The summed E-state index contributed by atoms with van der Waals surface area (Å²) in [5.41, 5.74) is 6.31. The second-order valence-electron chi connectivity index (χ2n) is 5.73. The first kappa shape index (κ1) is 16.4. The van der Waals surface area contributed by atoms with Crippen molar-refractivity contribution in [2.75, 3.05) is 26.7 Å². The van der Waals surface area contributed by atoms with E-state index in [9.17, 15) is 14.0 Å². The van der Waals surface area contributed by atoms with E-state index >= 15 is 0 Å². The maximum absolute atomic E-state index is 13.6. The van der Waals surface area contributed by atoms with Crippen molar-refractivity contribution in [2.24, 2.45) is 5.73 Å². The largest absolute Gasteiger partial charge is 0.369 e. The monoisotopic (exact) mass is 308 g/mol. The van der Waals surface area contributed by atoms with Crippen LogP contribution in [-0.2, 0) is 4.79 Å². The predicted octanol–water partition coefficient (Wildman–Crippen LogP) is 0.360. The van der Waals surface area contributed by atoms with Gasteiger partial charge in [-0.25, -0.2) is 9.37 Å². The third kappa shape index (κ3) is 4.00. The van der Waals surface area contributed by atoms with Crippen LogP contribution in [0, 0.1) is 6.92 Å². The molecule has 1 aromatic rings. The van der Waals surface area contributed by atoms with Gasteiger partial charge in [0.25, 0.3) is 5.91 Å². The van der Waals surface area contributed by atoms with E-state index in [-0.39, 0.29) is 25.0 Å². The molecule has 1 aliphatic heterocycles. The molecule has 120 valence electrons. The first-order chi connectivity index (χ1) is 10.4. The van der Waals surface area contributed by atoms with Crippen LogP contribution in [0.1, 0.15) is 22.6 Å². The fraction of sp³-hybridized carbons (Fsp3) is 0.533. The lowest BCUT2D eigenvalue weighted by Crippen LogP contribution is -2.44. The summed E-state index contributed by atoms with van der Waals surface area (Å²) >= 11 is 0. The molecule has 0 radical (unpaired) electrons. The average molecular weight is 308 g/mol. The smallest absolute Gasteiger partial charge is 0.272 e. The number of carbonyl (C=O) groups is 2. The molecule has 2 heterocycles. The predicted molar refractivity (Wildman–Crippen MR) is 80.0 cm³/mol. The number of amides is 2. The Morgan fingerprint density at radius 2 is 2.23 bits per heavy atom. The van der Waals surface area contributed by atoms with E-state index in [2.05, 4.69) is 4.98 Å². The van der Waals surface area contributed by atoms with Crippen LogP contribution in [0.3, 0.4) is 0 Å². The fourth-order valence-electron chi connectivity index (χ4n) is 2.76. The second kappa shape index (κ2) is 6.83. The highest BCUT2D eigenvalue weighted by atomic mass is 19.1. The van der Waals surface area contributed by atoms with Crippen molar-refractivity contribution in [3.8, 4) is 0 Å². The molecule has 2 N–H and O–H groups in total. The van der Waals surface area contributed by atoms with E-state index in [1.165, 1.54) is 4.90 Å². The molecule has 0 unspecified atom stereocenters. The molecule has 0 saturated carbocycles. The zero-order chi connectivity index (χ0) is 16.3. The Kier molecular flexibility index (Phi) is 5.07. The molecule has 1 saturated heterocycles. The lowest BCUT2D eigenvalue weighted by molar-refractivity contribution is -0.119. The van der Waals surface area contributed by atoms with Gasteiger partial charge in [0.15, 0.2) is 0 Å². The lowest BCUT2D eigenvalue weighted by atomic mass is 10.2. The Hall–Kier alpha value is -2.02. The van der Waals surface area contributed by atoms with Crippen LogP contribution in [-0.4, -0.2) is 65.5 Å². The van der Waals surface area contributed by atoms with Gasteiger partial charge >= 0.3 is 0 Å². The molecule has 0 aromatic carbocycles. The van der Waals surface area contributed by atoms with Crippen molar-refractivity contribution in [3.63, 3.8) is 0 Å². The molecule has 22 heavy (non-hydrogen) atoms. The summed E-state index contributed by atoms with van der Waals surface area (Å²) in [5.74, 6) is -0.710. The molecule has 0 spiro atoms. The number of carbonyl (C=O) groups excluding carboxylic acids is 2. The van der Waals surface area contributed by atoms with Crippen molar-refractivity contribution in [1.82, 2.24) is 14.8 Å². The van der Waals surface area contributed by atoms with Crippen molar-refractivity contribution < 1.29 is 14.0 Å². The Balaban J connectivity index is 2.02. The van der Waals surface area contributed by atoms with Crippen LogP contribution in [0.4, 0.5) is 4.39 Å². The standard InChI is InChI=1S/C15H21FN4O2/c1-10-4-3-5-13(18-10)15(22)19(2)8-12-6-11(16)7-20(12)9-14(17)21/h3-5,11-12H,6-9H2,1-2H3,(H2,17,21)/t11-,12-/m0/s1. The van der Waals surface area contributed by atoms with E-state index in [4.69, 9.17) is 5.73 Å². The highest BCUT2D eigenvalue weighted by molar-refractivity contribution is 5.92. The molecule has 2 rings (SSSR count). The Bertz CT molecular complexity index is 566. The van der Waals surface area contributed by atoms with Crippen molar-refractivity contribution in [2.45, 2.75) is 25.6 Å². The summed E-state index contributed by atoms with van der Waals surface area (Å²) < 4.78 is 13.6. The molecular formula is C15H21FN4O2. The van der Waals surface area contributed by atoms with Gasteiger partial charge in [0.1, 0.15) is 11.9 Å². The summed E-state index contributed by atoms with van der Waals surface area (Å²) in [6, 6.07) is 5.03. The maximum atomic E-state index is 13.6. The summed E-state index contributed by atoms with van der Waals surface area (Å²) in [6.07, 6.45) is -0.698. The average Bonchev–Trinajstić information content (AvgIpc) is 2.76. The molecule has 0 aliphatic carbocycles. The first-order valence-electron chi connectivity index (χ1n) is 7.22. The van der Waals surface area contributed by atoms with Crippen LogP contribution in [0.5, 0.6) is 0 Å². The molecule has 1 aliphatic rings. The molecule has 6 nitrogen and oxygen atoms in total. The van der Waals surface area contributed by atoms with Gasteiger partial charge in [0.05, 0.1) is 6.54 Å². The maximum Gasteiger partial charge on any atom is 0.272 e. The van der Waals surface area contributed by atoms with Crippen LogP contribution < -0.4 is 5.73 Å². The SMILES string of the molecule is Cc1cccc(C(=O)N(C)C[C@@H]2C[C@H](F)CN2CC(N)=O)n1. The summed E-state index contributed by atoms with van der Waals surface area (Å²) in [4.78, 5) is 30.8. The highest BCUT2D eigenvalue weighted by Crippen LogP contribution is 2.21. The number of nitrogens with two attached hydrogens (primary N) is 1. The number of nitrogens with zero attached hydrogens (tertiary/aromatic N) is 3. The van der Waals surface area contributed by atoms with Gasteiger partial charge in [0, 0.05) is 31.9 Å². The third-order valence-corrected chi connectivity index (χ3v) is 3.77. The number of likely N-dealkylation sites (N-methyl/N-ethyl adjacent to an activating group) is 1. The zero-order valence-electron chi connectivity index (χ0n) is 12.8. The Morgan fingerprint density at radius 1 is 1.50 bits per heavy atom. The van der Waals surface area contributed by atoms with Crippen LogP contribution >= 0.6 is 0 Å². The molecular weight excluding hydrogens is 287 g/mol. The lowest BCUT2D eigenvalue weighted by Gasteiger charge is -2.27. The number of hydrogen-bond donors (Lipinski definition) is 1. The minimum Gasteiger partial charge on any atom is -0.369 e. The molecule has 0 bridgehead atoms. The molecule has 1 fully saturated rings. The van der Waals surface area contributed by atoms with E-state index in [1.807, 2.05) is 13.0 Å². The van der Waals surface area contributed by atoms with Crippen LogP contribution in [0.25, 0.3) is 0 Å². The Morgan fingerprint density at radius 3 is 2.86 bits per heavy atom. The van der Waals surface area contributed by atoms with Gasteiger partial charge < -0.3 is 10.6 Å². The number of pyridine rings is 1. The van der Waals surface area contributed by atoms with Gasteiger partial charge in [-0.3, -0.25) is 14.5 Å². The van der Waals surface area contributed by atoms with Crippen molar-refractivity contribution in [3.05, 3.63) is 29.6 Å². The van der Waals surface area contributed by atoms with E-state index < -0.39 is 12.1 Å². The number of hydrogen-bond acceptors (Lipinski definition) is 4. The topological polar surface area (TPSA) is 79.5 Å². The molecule has 2 atom stereocenters. The number of likely N-dealkylation sites (tertiary alicyclic amines) is 1. The number of halogens is 1. The van der Waals surface area contributed by atoms with Crippen molar-refractivity contribution in [1.29, 1.82) is 0 Å². The van der Waals surface area contributed by atoms with Crippen LogP contribution in [0.15, 0.2) is 18.2 Å². The number of aromatic nitrogens is 1. The normalized spacial score (nSPS) is 21.8. The van der Waals surface area contributed by atoms with Crippen LogP contribution in [0.2, 0.25) is 0 Å². The minimum absolute atomic E-state index is 0.00973. The van der Waals surface area contributed by atoms with Gasteiger partial charge in [-0.05, 0) is 25.5 Å². The number of rotatable bonds is 5.